The van der Waals surface area contributed by atoms with E-state index in [0.29, 0.717) is 11.8 Å². The minimum absolute atomic E-state index is 0.0609. The second kappa shape index (κ2) is 3.85. The standard InChI is InChI=1S/C14H22O2/c1-14(2)8-15-13(16-9-14)12-7-10-3-5-11(12)6-4-10/h3,5,10-13H,4,6-9H2,1-2H3/t10-,11+,12-/m0/s1. The van der Waals surface area contributed by atoms with Crippen LogP contribution < -0.4 is 0 Å². The van der Waals surface area contributed by atoms with Crippen LogP contribution in [-0.2, 0) is 9.47 Å². The van der Waals surface area contributed by atoms with Crippen LogP contribution in [0.1, 0.15) is 33.1 Å². The summed E-state index contributed by atoms with van der Waals surface area (Å²) in [5.41, 5.74) is 0.194. The van der Waals surface area contributed by atoms with E-state index in [-0.39, 0.29) is 11.7 Å². The Kier molecular flexibility index (Phi) is 2.60. The molecule has 1 saturated heterocycles. The van der Waals surface area contributed by atoms with E-state index in [1.165, 1.54) is 19.3 Å². The van der Waals surface area contributed by atoms with Crippen LogP contribution in [0.25, 0.3) is 0 Å². The number of rotatable bonds is 1. The van der Waals surface area contributed by atoms with E-state index in [1.54, 1.807) is 0 Å². The van der Waals surface area contributed by atoms with E-state index >= 15 is 0 Å². The molecule has 4 rings (SSSR count). The van der Waals surface area contributed by atoms with Crippen LogP contribution in [-0.4, -0.2) is 19.5 Å². The maximum atomic E-state index is 5.93. The maximum absolute atomic E-state index is 5.93. The van der Waals surface area contributed by atoms with E-state index in [2.05, 4.69) is 26.0 Å². The van der Waals surface area contributed by atoms with Crippen LogP contribution in [0.2, 0.25) is 0 Å². The number of allylic oxidation sites excluding steroid dienone is 2. The van der Waals surface area contributed by atoms with E-state index in [0.717, 1.165) is 19.1 Å². The van der Waals surface area contributed by atoms with E-state index < -0.39 is 0 Å². The Morgan fingerprint density at radius 2 is 1.81 bits per heavy atom. The second-order valence-corrected chi connectivity index (χ2v) is 6.44. The van der Waals surface area contributed by atoms with Gasteiger partial charge in [0.25, 0.3) is 0 Å². The van der Waals surface area contributed by atoms with Crippen molar-refractivity contribution in [3.05, 3.63) is 12.2 Å². The van der Waals surface area contributed by atoms with E-state index in [1.807, 2.05) is 0 Å². The molecule has 1 heterocycles. The number of fused-ring (bicyclic) bond motifs is 2. The molecule has 3 aliphatic carbocycles. The highest BCUT2D eigenvalue weighted by molar-refractivity contribution is 5.06. The molecule has 0 unspecified atom stereocenters. The predicted molar refractivity (Wildman–Crippen MR) is 62.9 cm³/mol. The molecule has 2 heteroatoms. The predicted octanol–water partition coefficient (Wildman–Crippen LogP) is 2.99. The van der Waals surface area contributed by atoms with Gasteiger partial charge in [-0.25, -0.2) is 0 Å². The lowest BCUT2D eigenvalue weighted by Gasteiger charge is -2.45. The first-order chi connectivity index (χ1) is 7.64. The van der Waals surface area contributed by atoms with Gasteiger partial charge < -0.3 is 9.47 Å². The van der Waals surface area contributed by atoms with Crippen LogP contribution in [0.4, 0.5) is 0 Å². The fourth-order valence-electron chi connectivity index (χ4n) is 3.24. The normalized spacial score (nSPS) is 42.5. The van der Waals surface area contributed by atoms with Crippen molar-refractivity contribution in [1.82, 2.24) is 0 Å². The minimum atomic E-state index is 0.0609. The average molecular weight is 222 g/mol. The second-order valence-electron chi connectivity index (χ2n) is 6.44. The molecule has 3 atom stereocenters. The van der Waals surface area contributed by atoms with Gasteiger partial charge in [-0.1, -0.05) is 26.0 Å². The first-order valence-electron chi connectivity index (χ1n) is 6.56. The quantitative estimate of drug-likeness (QED) is 0.635. The SMILES string of the molecule is CC1(C)COC([C@H]2C[C@H]3C=C[C@@H]2CC3)OC1. The molecular formula is C14H22O2. The lowest BCUT2D eigenvalue weighted by Crippen LogP contribution is -2.45. The number of hydrogen-bond donors (Lipinski definition) is 0. The maximum Gasteiger partial charge on any atom is 0.160 e. The summed E-state index contributed by atoms with van der Waals surface area (Å²) in [4.78, 5) is 0. The fraction of sp³-hybridized carbons (Fsp3) is 0.857. The Morgan fingerprint density at radius 1 is 1.06 bits per heavy atom. The molecule has 0 N–H and O–H groups in total. The number of hydrogen-bond acceptors (Lipinski definition) is 2. The Morgan fingerprint density at radius 3 is 2.31 bits per heavy atom. The molecule has 1 saturated carbocycles. The smallest absolute Gasteiger partial charge is 0.160 e. The van der Waals surface area contributed by atoms with Gasteiger partial charge in [-0.15, -0.1) is 0 Å². The van der Waals surface area contributed by atoms with Crippen molar-refractivity contribution in [3.8, 4) is 0 Å². The van der Waals surface area contributed by atoms with Gasteiger partial charge in [0.05, 0.1) is 13.2 Å². The molecule has 4 aliphatic rings. The molecule has 0 radical (unpaired) electrons. The van der Waals surface area contributed by atoms with Gasteiger partial charge >= 0.3 is 0 Å². The zero-order chi connectivity index (χ0) is 11.2. The van der Waals surface area contributed by atoms with Crippen molar-refractivity contribution in [3.63, 3.8) is 0 Å². The summed E-state index contributed by atoms with van der Waals surface area (Å²) in [6, 6.07) is 0. The third-order valence-corrected chi connectivity index (χ3v) is 4.25. The highest BCUT2D eigenvalue weighted by atomic mass is 16.7. The summed E-state index contributed by atoms with van der Waals surface area (Å²) in [7, 11) is 0. The average Bonchev–Trinajstić information content (AvgIpc) is 2.30. The van der Waals surface area contributed by atoms with Gasteiger partial charge in [0.2, 0.25) is 0 Å². The van der Waals surface area contributed by atoms with E-state index in [4.69, 9.17) is 9.47 Å². The highest BCUT2D eigenvalue weighted by Gasteiger charge is 2.40. The highest BCUT2D eigenvalue weighted by Crippen LogP contribution is 2.44. The fourth-order valence-corrected chi connectivity index (χ4v) is 3.24. The summed E-state index contributed by atoms with van der Waals surface area (Å²) < 4.78 is 11.9. The summed E-state index contributed by atoms with van der Waals surface area (Å²) >= 11 is 0. The molecule has 2 fully saturated rings. The molecule has 90 valence electrons. The van der Waals surface area contributed by atoms with Crippen LogP contribution in [0, 0.1) is 23.2 Å². The van der Waals surface area contributed by atoms with Crippen LogP contribution >= 0.6 is 0 Å². The molecule has 0 aromatic heterocycles. The van der Waals surface area contributed by atoms with Crippen molar-refractivity contribution in [1.29, 1.82) is 0 Å². The monoisotopic (exact) mass is 222 g/mol. The van der Waals surface area contributed by atoms with E-state index in [9.17, 15) is 0 Å². The molecule has 1 aliphatic heterocycles. The summed E-state index contributed by atoms with van der Waals surface area (Å²) in [6.07, 6.45) is 8.83. The zero-order valence-electron chi connectivity index (χ0n) is 10.3. The lowest BCUT2D eigenvalue weighted by atomic mass is 9.68. The largest absolute Gasteiger partial charge is 0.352 e. The first-order valence-corrected chi connectivity index (χ1v) is 6.56. The molecule has 0 spiro atoms. The van der Waals surface area contributed by atoms with Gasteiger partial charge in [0.15, 0.2) is 6.29 Å². The van der Waals surface area contributed by atoms with Crippen molar-refractivity contribution < 1.29 is 9.47 Å². The Bertz CT molecular complexity index is 285. The lowest BCUT2D eigenvalue weighted by molar-refractivity contribution is -0.253. The Labute approximate surface area is 98.0 Å². The van der Waals surface area contributed by atoms with Crippen molar-refractivity contribution in [2.75, 3.05) is 13.2 Å². The van der Waals surface area contributed by atoms with Gasteiger partial charge in [0.1, 0.15) is 0 Å². The molecule has 2 nitrogen and oxygen atoms in total. The molecule has 2 bridgehead atoms. The van der Waals surface area contributed by atoms with Crippen molar-refractivity contribution in [2.45, 2.75) is 39.4 Å². The molecule has 0 aromatic carbocycles. The topological polar surface area (TPSA) is 18.5 Å². The molecule has 0 aromatic rings. The zero-order valence-corrected chi connectivity index (χ0v) is 10.3. The Balaban J connectivity index is 1.65. The third kappa shape index (κ3) is 1.93. The molecule has 0 amide bonds. The minimum Gasteiger partial charge on any atom is -0.352 e. The third-order valence-electron chi connectivity index (χ3n) is 4.25. The molecule has 16 heavy (non-hydrogen) atoms. The summed E-state index contributed by atoms with van der Waals surface area (Å²) in [5, 5.41) is 0. The van der Waals surface area contributed by atoms with Gasteiger partial charge in [-0.3, -0.25) is 0 Å². The summed E-state index contributed by atoms with van der Waals surface area (Å²) in [5.74, 6) is 2.10. The van der Waals surface area contributed by atoms with Crippen LogP contribution in [0.15, 0.2) is 12.2 Å². The molecular weight excluding hydrogens is 200 g/mol. The van der Waals surface area contributed by atoms with Crippen molar-refractivity contribution >= 4 is 0 Å². The van der Waals surface area contributed by atoms with Gasteiger partial charge in [0, 0.05) is 11.3 Å². The number of ether oxygens (including phenoxy) is 2. The first kappa shape index (κ1) is 10.8. The van der Waals surface area contributed by atoms with Crippen LogP contribution in [0.3, 0.4) is 0 Å². The van der Waals surface area contributed by atoms with Gasteiger partial charge in [-0.2, -0.15) is 0 Å². The van der Waals surface area contributed by atoms with Crippen LogP contribution in [0.5, 0.6) is 0 Å². The van der Waals surface area contributed by atoms with Crippen molar-refractivity contribution in [2.24, 2.45) is 23.2 Å². The Hall–Kier alpha value is -0.340. The van der Waals surface area contributed by atoms with Gasteiger partial charge in [-0.05, 0) is 31.1 Å². The summed E-state index contributed by atoms with van der Waals surface area (Å²) in [6.45, 7) is 6.09.